The van der Waals surface area contributed by atoms with Crippen molar-refractivity contribution in [2.24, 2.45) is 5.92 Å². The van der Waals surface area contributed by atoms with Gasteiger partial charge in [-0.2, -0.15) is 0 Å². The van der Waals surface area contributed by atoms with E-state index in [1.165, 1.54) is 0 Å². The summed E-state index contributed by atoms with van der Waals surface area (Å²) in [7, 11) is 2.00. The third-order valence-electron chi connectivity index (χ3n) is 8.59. The number of anilines is 1. The van der Waals surface area contributed by atoms with Gasteiger partial charge in [0.1, 0.15) is 11.0 Å². The predicted octanol–water partition coefficient (Wildman–Crippen LogP) is 5.11. The molecule has 0 unspecified atom stereocenters. The molecular formula is C33H26FeN2O2+2. The standard InChI is InChI=1S/C28H21N2O2.C5H5.Fe/c1-30-16-22(17-8-2-3-9-17)27(20-13-4-5-15-23(20)29-26(27)32)28(30)21-14-7-11-18-10-6-12-19(24(18)21)25(28)31;1-2-4-5-3-1;/h2-15,22H,16H2,1H3,(H,29,32);1-5H;/q;;+2/t22-,27+,28-;;/m0../s1. The summed E-state index contributed by atoms with van der Waals surface area (Å²) in [6, 6.07) is 19.9. The van der Waals surface area contributed by atoms with E-state index >= 15 is 0 Å². The monoisotopic (exact) mass is 538 g/mol. The number of hydrogen-bond acceptors (Lipinski definition) is 3. The first-order chi connectivity index (χ1) is 18.1. The molecule has 0 aromatic heterocycles. The van der Waals surface area contributed by atoms with Crippen LogP contribution in [-0.2, 0) is 32.8 Å². The number of amides is 1. The topological polar surface area (TPSA) is 49.4 Å². The second-order valence-electron chi connectivity index (χ2n) is 10.2. The van der Waals surface area contributed by atoms with Crippen LogP contribution in [0.3, 0.4) is 0 Å². The molecule has 4 nitrogen and oxygen atoms in total. The second-order valence-corrected chi connectivity index (χ2v) is 10.2. The van der Waals surface area contributed by atoms with Gasteiger partial charge in [0.25, 0.3) is 0 Å². The van der Waals surface area contributed by atoms with Gasteiger partial charge in [-0.3, -0.25) is 14.5 Å². The van der Waals surface area contributed by atoms with Crippen LogP contribution in [0.4, 0.5) is 5.69 Å². The summed E-state index contributed by atoms with van der Waals surface area (Å²) in [5.41, 5.74) is 1.22. The molecule has 2 saturated carbocycles. The smallest absolute Gasteiger partial charge is 0.325 e. The van der Waals surface area contributed by atoms with Crippen LogP contribution in [0.5, 0.6) is 0 Å². The number of benzene rings is 3. The van der Waals surface area contributed by atoms with Crippen molar-refractivity contribution in [3.63, 3.8) is 0 Å². The number of Topliss-reactive ketones (excluding diaryl/α,β-unsaturated/α-hetero) is 1. The summed E-state index contributed by atoms with van der Waals surface area (Å²) in [6.07, 6.45) is 18.2. The van der Waals surface area contributed by atoms with Gasteiger partial charge < -0.3 is 5.32 Å². The van der Waals surface area contributed by atoms with Crippen molar-refractivity contribution < 1.29 is 26.7 Å². The fraction of sp³-hybridized carbons (Fsp3) is 0.152. The molecule has 0 bridgehead atoms. The number of carbonyl (C=O) groups excluding carboxylic acids is 2. The van der Waals surface area contributed by atoms with Crippen molar-refractivity contribution in [1.82, 2.24) is 4.90 Å². The molecule has 3 aromatic rings. The minimum absolute atomic E-state index is 0. The number of hydrogen-bond donors (Lipinski definition) is 1. The van der Waals surface area contributed by atoms with Gasteiger partial charge in [-0.1, -0.05) is 54.6 Å². The number of likely N-dealkylation sites (tertiary alicyclic amines) is 1. The molecule has 1 amide bonds. The molecule has 2 spiro atoms. The Balaban J connectivity index is 0.000000398. The van der Waals surface area contributed by atoms with Gasteiger partial charge >= 0.3 is 17.1 Å². The summed E-state index contributed by atoms with van der Waals surface area (Å²) in [4.78, 5) is 30.9. The van der Waals surface area contributed by atoms with Crippen LogP contribution in [0.1, 0.15) is 21.5 Å². The molecule has 8 rings (SSSR count). The molecule has 2 aliphatic heterocycles. The van der Waals surface area contributed by atoms with Crippen molar-refractivity contribution in [3.05, 3.63) is 141 Å². The van der Waals surface area contributed by atoms with Crippen LogP contribution < -0.4 is 5.32 Å². The molecule has 1 N–H and O–H groups in total. The maximum Gasteiger partial charge on any atom is 2.00 e. The van der Waals surface area contributed by atoms with E-state index in [9.17, 15) is 9.59 Å². The van der Waals surface area contributed by atoms with Crippen LogP contribution in [0.2, 0.25) is 0 Å². The zero-order valence-electron chi connectivity index (χ0n) is 20.9. The van der Waals surface area contributed by atoms with Gasteiger partial charge in [0.2, 0.25) is 5.91 Å². The second kappa shape index (κ2) is 9.62. The normalized spacial score (nSPS) is 29.6. The quantitative estimate of drug-likeness (QED) is 0.439. The van der Waals surface area contributed by atoms with E-state index in [4.69, 9.17) is 0 Å². The Morgan fingerprint density at radius 2 is 1.42 bits per heavy atom. The molecule has 3 atom stereocenters. The first-order valence-electron chi connectivity index (χ1n) is 12.7. The van der Waals surface area contributed by atoms with Crippen LogP contribution in [0.15, 0.2) is 60.7 Å². The SMILES string of the molecule is CN1C[C@@H]([C]2[CH][CH][CH][CH]2)[C@]2(C(=O)Nc3ccccc32)[C@]12C(=O)c1cccc3cccc2c13.[CH]1[CH][CH][CH][CH]1.[Fe+2]. The number of fused-ring (bicyclic) bond motifs is 4. The Hall–Kier alpha value is -2.46. The minimum Gasteiger partial charge on any atom is -0.325 e. The third-order valence-corrected chi connectivity index (χ3v) is 8.59. The Labute approximate surface area is 236 Å². The zero-order valence-corrected chi connectivity index (χ0v) is 22.0. The number of para-hydroxylation sites is 1. The first kappa shape index (κ1) is 25.8. The van der Waals surface area contributed by atoms with E-state index in [1.807, 2.05) is 107 Å². The van der Waals surface area contributed by atoms with Crippen LogP contribution in [0, 0.1) is 69.6 Å². The fourth-order valence-electron chi connectivity index (χ4n) is 7.30. The first-order valence-corrected chi connectivity index (χ1v) is 12.7. The number of rotatable bonds is 1. The van der Waals surface area contributed by atoms with Crippen molar-refractivity contribution in [2.75, 3.05) is 18.9 Å². The van der Waals surface area contributed by atoms with Crippen LogP contribution in [-0.4, -0.2) is 30.2 Å². The molecular weight excluding hydrogens is 512 g/mol. The summed E-state index contributed by atoms with van der Waals surface area (Å²) in [5.74, 6) is 0.872. The van der Waals surface area contributed by atoms with E-state index in [2.05, 4.69) is 29.1 Å². The van der Waals surface area contributed by atoms with E-state index < -0.39 is 11.0 Å². The Morgan fingerprint density at radius 3 is 2.13 bits per heavy atom. The minimum atomic E-state index is -1.10. The molecule has 38 heavy (non-hydrogen) atoms. The van der Waals surface area contributed by atoms with Crippen LogP contribution in [0.25, 0.3) is 10.8 Å². The molecule has 10 radical (unpaired) electrons. The fourth-order valence-corrected chi connectivity index (χ4v) is 7.30. The molecule has 5 heteroatoms. The largest absolute Gasteiger partial charge is 2.00 e. The average Bonchev–Trinajstić information content (AvgIpc) is 3.74. The van der Waals surface area contributed by atoms with Gasteiger partial charge in [-0.05, 0) is 105 Å². The number of ketones is 1. The summed E-state index contributed by atoms with van der Waals surface area (Å²) >= 11 is 0. The molecule has 3 aliphatic carbocycles. The van der Waals surface area contributed by atoms with E-state index in [0.29, 0.717) is 12.1 Å². The summed E-state index contributed by atoms with van der Waals surface area (Å²) in [6.45, 7) is 0.613. The van der Waals surface area contributed by atoms with Crippen LogP contribution >= 0.6 is 0 Å². The zero-order chi connectivity index (χ0) is 25.2. The molecule has 3 fully saturated rings. The number of nitrogens with zero attached hydrogens (tertiary/aromatic N) is 1. The van der Waals surface area contributed by atoms with Crippen molar-refractivity contribution in [1.29, 1.82) is 0 Å². The van der Waals surface area contributed by atoms with E-state index in [-0.39, 0.29) is 34.7 Å². The molecule has 2 heterocycles. The number of carbonyl (C=O) groups is 2. The Kier molecular flexibility index (Phi) is 6.53. The van der Waals surface area contributed by atoms with Crippen molar-refractivity contribution >= 4 is 28.2 Å². The third kappa shape index (κ3) is 3.19. The van der Waals surface area contributed by atoms with E-state index in [1.54, 1.807) is 0 Å². The molecule has 5 aliphatic rings. The van der Waals surface area contributed by atoms with E-state index in [0.717, 1.165) is 33.5 Å². The molecule has 1 saturated heterocycles. The van der Waals surface area contributed by atoms with Gasteiger partial charge in [-0.25, -0.2) is 0 Å². The summed E-state index contributed by atoms with van der Waals surface area (Å²) in [5, 5.41) is 5.17. The molecule has 3 aromatic carbocycles. The Morgan fingerprint density at radius 1 is 0.789 bits per heavy atom. The summed E-state index contributed by atoms with van der Waals surface area (Å²) < 4.78 is 0. The van der Waals surface area contributed by atoms with Gasteiger partial charge in [0.15, 0.2) is 5.78 Å². The average molecular weight is 538 g/mol. The number of nitrogens with one attached hydrogen (secondary N) is 1. The maximum absolute atomic E-state index is 14.5. The molecule has 186 valence electrons. The van der Waals surface area contributed by atoms with Gasteiger partial charge in [0.05, 0.1) is 0 Å². The van der Waals surface area contributed by atoms with Gasteiger partial charge in [-0.15, -0.1) is 0 Å². The maximum atomic E-state index is 14.5. The predicted molar refractivity (Wildman–Crippen MR) is 145 cm³/mol. The number of likely N-dealkylation sites (N-methyl/N-ethyl adjacent to an activating group) is 1. The van der Waals surface area contributed by atoms with Gasteiger partial charge in [0, 0.05) is 17.8 Å². The van der Waals surface area contributed by atoms with Crippen molar-refractivity contribution in [3.8, 4) is 0 Å². The Bertz CT molecular complexity index is 1400. The van der Waals surface area contributed by atoms with Crippen molar-refractivity contribution in [2.45, 2.75) is 11.0 Å².